The van der Waals surface area contributed by atoms with Gasteiger partial charge in [-0.15, -0.1) is 0 Å². The minimum atomic E-state index is -1.10. The molecule has 122 valence electrons. The molecule has 0 saturated heterocycles. The summed E-state index contributed by atoms with van der Waals surface area (Å²) in [5, 5.41) is 8.51. The van der Waals surface area contributed by atoms with Gasteiger partial charge in [-0.05, 0) is 42.0 Å². The van der Waals surface area contributed by atoms with E-state index in [0.717, 1.165) is 30.4 Å². The van der Waals surface area contributed by atoms with Gasteiger partial charge in [0.15, 0.2) is 5.13 Å². The van der Waals surface area contributed by atoms with Gasteiger partial charge in [0, 0.05) is 5.56 Å². The lowest BCUT2D eigenvalue weighted by Crippen LogP contribution is -1.90. The molecule has 0 amide bonds. The third-order valence-electron chi connectivity index (χ3n) is 3.88. The molecular formula is C20H17FO2S. The second kappa shape index (κ2) is 7.41. The first-order valence-electron chi connectivity index (χ1n) is 7.82. The van der Waals surface area contributed by atoms with Crippen LogP contribution in [0.15, 0.2) is 60.7 Å². The van der Waals surface area contributed by atoms with Crippen LogP contribution in [0.4, 0.5) is 4.39 Å². The van der Waals surface area contributed by atoms with Crippen molar-refractivity contribution in [2.24, 2.45) is 0 Å². The highest BCUT2D eigenvalue weighted by molar-refractivity contribution is 7.12. The van der Waals surface area contributed by atoms with Gasteiger partial charge in [0.05, 0.1) is 0 Å². The SMILES string of the molecule is O=C(O)c1cc(-c2ccc(C3=C/C=C\CCC/C=C\3)cc2)c(F)s1. The first-order valence-corrected chi connectivity index (χ1v) is 8.63. The zero-order valence-corrected chi connectivity index (χ0v) is 13.9. The van der Waals surface area contributed by atoms with E-state index < -0.39 is 11.1 Å². The fraction of sp³-hybridized carbons (Fsp3) is 0.150. The van der Waals surface area contributed by atoms with Crippen molar-refractivity contribution in [2.45, 2.75) is 19.3 Å². The number of carbonyl (C=O) groups is 1. The fourth-order valence-corrected chi connectivity index (χ4v) is 3.34. The fourth-order valence-electron chi connectivity index (χ4n) is 2.59. The topological polar surface area (TPSA) is 37.3 Å². The Labute approximate surface area is 144 Å². The second-order valence-electron chi connectivity index (χ2n) is 5.56. The van der Waals surface area contributed by atoms with Gasteiger partial charge in [-0.3, -0.25) is 0 Å². The van der Waals surface area contributed by atoms with Crippen molar-refractivity contribution < 1.29 is 14.3 Å². The number of hydrogen-bond acceptors (Lipinski definition) is 2. The van der Waals surface area contributed by atoms with Gasteiger partial charge in [0.2, 0.25) is 0 Å². The first kappa shape index (κ1) is 16.4. The maximum absolute atomic E-state index is 14.0. The quantitative estimate of drug-likeness (QED) is 0.751. The molecular weight excluding hydrogens is 323 g/mol. The van der Waals surface area contributed by atoms with Crippen LogP contribution in [0.2, 0.25) is 0 Å². The number of benzene rings is 1. The lowest BCUT2D eigenvalue weighted by Gasteiger charge is -2.04. The average molecular weight is 340 g/mol. The van der Waals surface area contributed by atoms with E-state index in [1.165, 1.54) is 6.07 Å². The number of rotatable bonds is 3. The molecule has 2 nitrogen and oxygen atoms in total. The standard InChI is InChI=1S/C20H17FO2S/c21-19-17(13-18(24-19)20(22)23)16-11-9-15(10-12-16)14-7-5-3-1-2-4-6-8-14/h3,5-13H,1-2,4H2,(H,22,23)/b5-3-,8-6-,14-7+. The summed E-state index contributed by atoms with van der Waals surface area (Å²) in [6, 6.07) is 8.93. The Morgan fingerprint density at radius 1 is 1.08 bits per heavy atom. The number of hydrogen-bond donors (Lipinski definition) is 1. The van der Waals surface area contributed by atoms with E-state index in [1.54, 1.807) is 0 Å². The largest absolute Gasteiger partial charge is 0.477 e. The molecule has 1 aliphatic rings. The molecule has 24 heavy (non-hydrogen) atoms. The van der Waals surface area contributed by atoms with Crippen LogP contribution in [0.1, 0.15) is 34.5 Å². The summed E-state index contributed by atoms with van der Waals surface area (Å²) >= 11 is 0.659. The van der Waals surface area contributed by atoms with E-state index in [-0.39, 0.29) is 4.88 Å². The van der Waals surface area contributed by atoms with Crippen LogP contribution in [0, 0.1) is 5.13 Å². The maximum atomic E-state index is 14.0. The number of carboxylic acids is 1. The van der Waals surface area contributed by atoms with Crippen molar-refractivity contribution in [3.8, 4) is 11.1 Å². The summed E-state index contributed by atoms with van der Waals surface area (Å²) in [6.07, 6.45) is 13.9. The lowest BCUT2D eigenvalue weighted by atomic mass is 10.0. The van der Waals surface area contributed by atoms with E-state index >= 15 is 0 Å². The van der Waals surface area contributed by atoms with Crippen molar-refractivity contribution in [2.75, 3.05) is 0 Å². The zero-order valence-electron chi connectivity index (χ0n) is 13.0. The van der Waals surface area contributed by atoms with Gasteiger partial charge in [0.25, 0.3) is 0 Å². The minimum absolute atomic E-state index is 0.0126. The number of halogens is 1. The molecule has 1 aromatic carbocycles. The van der Waals surface area contributed by atoms with Crippen molar-refractivity contribution in [1.82, 2.24) is 0 Å². The molecule has 1 aromatic heterocycles. The summed E-state index contributed by atoms with van der Waals surface area (Å²) in [5.74, 6) is -1.10. The smallest absolute Gasteiger partial charge is 0.345 e. The lowest BCUT2D eigenvalue weighted by molar-refractivity contribution is 0.0702. The Kier molecular flexibility index (Phi) is 5.06. The van der Waals surface area contributed by atoms with Crippen LogP contribution < -0.4 is 0 Å². The predicted octanol–water partition coefficient (Wildman–Crippen LogP) is 5.93. The van der Waals surface area contributed by atoms with Crippen LogP contribution in [0.25, 0.3) is 16.7 Å². The molecule has 1 N–H and O–H groups in total. The molecule has 1 heterocycles. The third kappa shape index (κ3) is 3.71. The third-order valence-corrected chi connectivity index (χ3v) is 4.79. The summed E-state index contributed by atoms with van der Waals surface area (Å²) in [5.41, 5.74) is 3.18. The van der Waals surface area contributed by atoms with E-state index in [2.05, 4.69) is 30.4 Å². The van der Waals surface area contributed by atoms with E-state index in [1.807, 2.05) is 24.3 Å². The highest BCUT2D eigenvalue weighted by atomic mass is 32.1. The van der Waals surface area contributed by atoms with Gasteiger partial charge in [-0.2, -0.15) is 4.39 Å². The molecule has 0 radical (unpaired) electrons. The van der Waals surface area contributed by atoms with E-state index in [9.17, 15) is 9.18 Å². The highest BCUT2D eigenvalue weighted by Crippen LogP contribution is 2.31. The van der Waals surface area contributed by atoms with E-state index in [4.69, 9.17) is 5.11 Å². The van der Waals surface area contributed by atoms with E-state index in [0.29, 0.717) is 22.5 Å². The van der Waals surface area contributed by atoms with Crippen LogP contribution in [-0.2, 0) is 0 Å². The van der Waals surface area contributed by atoms with Gasteiger partial charge in [-0.25, -0.2) is 4.79 Å². The normalized spacial score (nSPS) is 19.5. The Hall–Kier alpha value is -2.46. The highest BCUT2D eigenvalue weighted by Gasteiger charge is 2.15. The molecule has 4 heteroatoms. The Morgan fingerprint density at radius 3 is 2.50 bits per heavy atom. The second-order valence-corrected chi connectivity index (χ2v) is 6.57. The van der Waals surface area contributed by atoms with Crippen molar-refractivity contribution in [3.63, 3.8) is 0 Å². The monoisotopic (exact) mass is 340 g/mol. The number of allylic oxidation sites excluding steroid dienone is 6. The summed E-state index contributed by atoms with van der Waals surface area (Å²) in [6.45, 7) is 0. The average Bonchev–Trinajstić information content (AvgIpc) is 3.02. The van der Waals surface area contributed by atoms with Crippen molar-refractivity contribution in [1.29, 1.82) is 0 Å². The van der Waals surface area contributed by atoms with Crippen molar-refractivity contribution in [3.05, 3.63) is 76.3 Å². The van der Waals surface area contributed by atoms with Gasteiger partial charge >= 0.3 is 5.97 Å². The van der Waals surface area contributed by atoms with Gasteiger partial charge in [-0.1, -0.05) is 66.0 Å². The van der Waals surface area contributed by atoms with Crippen molar-refractivity contribution >= 4 is 22.9 Å². The molecule has 0 unspecified atom stereocenters. The number of thiophene rings is 1. The Morgan fingerprint density at radius 2 is 1.79 bits per heavy atom. The Bertz CT molecular complexity index is 826. The van der Waals surface area contributed by atoms with Crippen LogP contribution in [0.5, 0.6) is 0 Å². The molecule has 0 bridgehead atoms. The van der Waals surface area contributed by atoms with Gasteiger partial charge in [0.1, 0.15) is 4.88 Å². The molecule has 0 spiro atoms. The number of aromatic carboxylic acids is 1. The summed E-state index contributed by atoms with van der Waals surface area (Å²) < 4.78 is 14.0. The molecule has 0 atom stereocenters. The van der Waals surface area contributed by atoms with Gasteiger partial charge < -0.3 is 5.11 Å². The van der Waals surface area contributed by atoms with Crippen LogP contribution in [-0.4, -0.2) is 11.1 Å². The minimum Gasteiger partial charge on any atom is -0.477 e. The predicted molar refractivity (Wildman–Crippen MR) is 96.8 cm³/mol. The molecule has 0 fully saturated rings. The number of carboxylic acid groups (broad SMARTS) is 1. The molecule has 1 aliphatic carbocycles. The molecule has 0 saturated carbocycles. The molecule has 2 aromatic rings. The van der Waals surface area contributed by atoms with Crippen LogP contribution in [0.3, 0.4) is 0 Å². The summed E-state index contributed by atoms with van der Waals surface area (Å²) in [4.78, 5) is 11.0. The Balaban J connectivity index is 1.90. The van der Waals surface area contributed by atoms with Crippen LogP contribution >= 0.6 is 11.3 Å². The molecule has 0 aliphatic heterocycles. The zero-order chi connectivity index (χ0) is 16.9. The first-order chi connectivity index (χ1) is 11.6. The summed E-state index contributed by atoms with van der Waals surface area (Å²) in [7, 11) is 0. The molecule has 3 rings (SSSR count). The maximum Gasteiger partial charge on any atom is 0.345 e.